The zero-order chi connectivity index (χ0) is 14.8. The lowest BCUT2D eigenvalue weighted by Gasteiger charge is -2.26. The van der Waals surface area contributed by atoms with Crippen molar-refractivity contribution in [2.24, 2.45) is 5.92 Å². The van der Waals surface area contributed by atoms with Crippen LogP contribution >= 0.6 is 0 Å². The van der Waals surface area contributed by atoms with E-state index in [2.05, 4.69) is 5.32 Å². The van der Waals surface area contributed by atoms with Crippen molar-refractivity contribution in [3.05, 3.63) is 34.9 Å². The van der Waals surface area contributed by atoms with Gasteiger partial charge in [-0.25, -0.2) is 0 Å². The Hall–Kier alpha value is -1.88. The van der Waals surface area contributed by atoms with Crippen molar-refractivity contribution in [2.45, 2.75) is 44.9 Å². The second-order valence-electron chi connectivity index (χ2n) is 5.84. The van der Waals surface area contributed by atoms with Crippen LogP contribution in [0.5, 0.6) is 0 Å². The number of nitrogens with one attached hydrogen (secondary N) is 1. The molecule has 2 aliphatic rings. The van der Waals surface area contributed by atoms with E-state index >= 15 is 0 Å². The van der Waals surface area contributed by atoms with Gasteiger partial charge in [0.1, 0.15) is 0 Å². The first-order chi connectivity index (χ1) is 10.1. The number of amides is 1. The number of rotatable bonds is 3. The molecule has 0 saturated heterocycles. The maximum absolute atomic E-state index is 12.3. The number of fused-ring (bicyclic) bond motifs is 1. The fraction of sp³-hybridized carbons (Fsp3) is 0.500. The van der Waals surface area contributed by atoms with Gasteiger partial charge in [-0.05, 0) is 48.9 Å². The number of carboxylic acids is 1. The van der Waals surface area contributed by atoms with E-state index in [1.54, 1.807) is 0 Å². The molecule has 3 rings (SSSR count). The Labute approximate surface area is 123 Å². The van der Waals surface area contributed by atoms with Gasteiger partial charge in [-0.1, -0.05) is 6.07 Å². The van der Waals surface area contributed by atoms with Crippen LogP contribution in [0.1, 0.15) is 47.2 Å². The Morgan fingerprint density at radius 1 is 1.10 bits per heavy atom. The molecule has 0 atom stereocenters. The van der Waals surface area contributed by atoms with E-state index in [1.807, 2.05) is 18.2 Å². The van der Waals surface area contributed by atoms with Crippen molar-refractivity contribution < 1.29 is 19.4 Å². The van der Waals surface area contributed by atoms with Gasteiger partial charge in [0, 0.05) is 11.6 Å². The standard InChI is InChI=1S/C16H19NO4/c18-15(11-1-2-12-8-21-9-13(12)7-11)17-14-5-3-10(4-6-14)16(19)20/h1-2,7,10,14H,3-6,8-9H2,(H,17,18)(H,19,20). The zero-order valence-electron chi connectivity index (χ0n) is 11.8. The molecule has 1 fully saturated rings. The molecule has 0 unspecified atom stereocenters. The van der Waals surface area contributed by atoms with Gasteiger partial charge in [0.05, 0.1) is 19.1 Å². The number of aliphatic carboxylic acids is 1. The van der Waals surface area contributed by atoms with Crippen molar-refractivity contribution in [2.75, 3.05) is 0 Å². The summed E-state index contributed by atoms with van der Waals surface area (Å²) in [5, 5.41) is 12.0. The van der Waals surface area contributed by atoms with Gasteiger partial charge < -0.3 is 15.2 Å². The second kappa shape index (κ2) is 5.85. The number of carbonyl (C=O) groups excluding carboxylic acids is 1. The van der Waals surface area contributed by atoms with Crippen LogP contribution < -0.4 is 5.32 Å². The fourth-order valence-corrected chi connectivity index (χ4v) is 3.07. The summed E-state index contributed by atoms with van der Waals surface area (Å²) in [6, 6.07) is 5.74. The highest BCUT2D eigenvalue weighted by Gasteiger charge is 2.27. The van der Waals surface area contributed by atoms with E-state index in [9.17, 15) is 9.59 Å². The molecule has 1 heterocycles. The largest absolute Gasteiger partial charge is 0.481 e. The number of hydrogen-bond acceptors (Lipinski definition) is 3. The highest BCUT2D eigenvalue weighted by Crippen LogP contribution is 2.25. The van der Waals surface area contributed by atoms with Crippen molar-refractivity contribution in [1.82, 2.24) is 5.32 Å². The minimum absolute atomic E-state index is 0.0801. The van der Waals surface area contributed by atoms with Crippen molar-refractivity contribution in [3.8, 4) is 0 Å². The van der Waals surface area contributed by atoms with Crippen LogP contribution in [0.4, 0.5) is 0 Å². The van der Waals surface area contributed by atoms with Crippen LogP contribution in [0.2, 0.25) is 0 Å². The molecule has 21 heavy (non-hydrogen) atoms. The van der Waals surface area contributed by atoms with E-state index in [-0.39, 0.29) is 17.9 Å². The molecule has 1 aromatic carbocycles. The Morgan fingerprint density at radius 3 is 2.52 bits per heavy atom. The average Bonchev–Trinajstić information content (AvgIpc) is 2.95. The minimum Gasteiger partial charge on any atom is -0.481 e. The van der Waals surface area contributed by atoms with Crippen molar-refractivity contribution in [1.29, 1.82) is 0 Å². The molecule has 1 amide bonds. The maximum Gasteiger partial charge on any atom is 0.306 e. The van der Waals surface area contributed by atoms with Gasteiger partial charge in [0.15, 0.2) is 0 Å². The third kappa shape index (κ3) is 3.08. The monoisotopic (exact) mass is 289 g/mol. The summed E-state index contributed by atoms with van der Waals surface area (Å²) in [7, 11) is 0. The van der Waals surface area contributed by atoms with Gasteiger partial charge in [0.2, 0.25) is 0 Å². The molecule has 0 bridgehead atoms. The normalized spacial score (nSPS) is 24.4. The highest BCUT2D eigenvalue weighted by molar-refractivity contribution is 5.94. The third-order valence-corrected chi connectivity index (χ3v) is 4.40. The quantitative estimate of drug-likeness (QED) is 0.893. The van der Waals surface area contributed by atoms with Gasteiger partial charge in [-0.2, -0.15) is 0 Å². The summed E-state index contributed by atoms with van der Waals surface area (Å²) in [4.78, 5) is 23.2. The number of benzene rings is 1. The van der Waals surface area contributed by atoms with Crippen LogP contribution in [0.25, 0.3) is 0 Å². The summed E-state index contributed by atoms with van der Waals surface area (Å²) in [5.41, 5.74) is 2.88. The molecule has 112 valence electrons. The first-order valence-electron chi connectivity index (χ1n) is 7.36. The van der Waals surface area contributed by atoms with E-state index in [0.717, 1.165) is 24.0 Å². The first-order valence-corrected chi connectivity index (χ1v) is 7.36. The summed E-state index contributed by atoms with van der Waals surface area (Å²) in [6.07, 6.45) is 2.74. The van der Waals surface area contributed by atoms with E-state index < -0.39 is 5.97 Å². The molecular weight excluding hydrogens is 270 g/mol. The molecular formula is C16H19NO4. The summed E-state index contributed by atoms with van der Waals surface area (Å²) in [6.45, 7) is 1.19. The van der Waals surface area contributed by atoms with E-state index in [4.69, 9.17) is 9.84 Å². The molecule has 0 aromatic heterocycles. The zero-order valence-corrected chi connectivity index (χ0v) is 11.8. The molecule has 5 nitrogen and oxygen atoms in total. The summed E-state index contributed by atoms with van der Waals surface area (Å²) in [5.74, 6) is -1.06. The SMILES string of the molecule is O=C(NC1CCC(C(=O)O)CC1)c1ccc2c(c1)COC2. The van der Waals surface area contributed by atoms with Gasteiger partial charge in [-0.3, -0.25) is 9.59 Å². The molecule has 1 saturated carbocycles. The minimum atomic E-state index is -0.724. The molecule has 5 heteroatoms. The Morgan fingerprint density at radius 2 is 1.81 bits per heavy atom. The van der Waals surface area contributed by atoms with Crippen LogP contribution in [0.15, 0.2) is 18.2 Å². The van der Waals surface area contributed by atoms with Gasteiger partial charge in [-0.15, -0.1) is 0 Å². The summed E-state index contributed by atoms with van der Waals surface area (Å²) >= 11 is 0. The lowest BCUT2D eigenvalue weighted by Crippen LogP contribution is -2.38. The van der Waals surface area contributed by atoms with Crippen LogP contribution in [-0.4, -0.2) is 23.0 Å². The maximum atomic E-state index is 12.3. The molecule has 2 N–H and O–H groups in total. The highest BCUT2D eigenvalue weighted by atomic mass is 16.5. The average molecular weight is 289 g/mol. The molecule has 1 aliphatic carbocycles. The predicted octanol–water partition coefficient (Wildman–Crippen LogP) is 2.09. The lowest BCUT2D eigenvalue weighted by atomic mass is 9.86. The lowest BCUT2D eigenvalue weighted by molar-refractivity contribution is -0.142. The van der Waals surface area contributed by atoms with Crippen molar-refractivity contribution >= 4 is 11.9 Å². The second-order valence-corrected chi connectivity index (χ2v) is 5.84. The Bertz CT molecular complexity index is 561. The van der Waals surface area contributed by atoms with Gasteiger partial charge >= 0.3 is 5.97 Å². The first kappa shape index (κ1) is 14.1. The number of hydrogen-bond donors (Lipinski definition) is 2. The van der Waals surface area contributed by atoms with Crippen LogP contribution in [0, 0.1) is 5.92 Å². The predicted molar refractivity (Wildman–Crippen MR) is 75.8 cm³/mol. The molecule has 1 aliphatic heterocycles. The van der Waals surface area contributed by atoms with E-state index in [1.165, 1.54) is 0 Å². The molecule has 0 spiro atoms. The number of carboxylic acid groups (broad SMARTS) is 1. The van der Waals surface area contributed by atoms with Crippen LogP contribution in [-0.2, 0) is 22.7 Å². The topological polar surface area (TPSA) is 75.6 Å². The summed E-state index contributed by atoms with van der Waals surface area (Å²) < 4.78 is 5.35. The number of ether oxygens (including phenoxy) is 1. The molecule has 1 aromatic rings. The van der Waals surface area contributed by atoms with Crippen LogP contribution in [0.3, 0.4) is 0 Å². The smallest absolute Gasteiger partial charge is 0.306 e. The Kier molecular flexibility index (Phi) is 3.92. The van der Waals surface area contributed by atoms with E-state index in [0.29, 0.717) is 31.6 Å². The number of carbonyl (C=O) groups is 2. The van der Waals surface area contributed by atoms with Crippen molar-refractivity contribution in [3.63, 3.8) is 0 Å². The van der Waals surface area contributed by atoms with Gasteiger partial charge in [0.25, 0.3) is 5.91 Å². The fourth-order valence-electron chi connectivity index (χ4n) is 3.07. The Balaban J connectivity index is 1.58. The molecule has 0 radical (unpaired) electrons. The third-order valence-electron chi connectivity index (χ3n) is 4.40.